The minimum absolute atomic E-state index is 1.21. The summed E-state index contributed by atoms with van der Waals surface area (Å²) in [5.74, 6) is 0. The van der Waals surface area contributed by atoms with Crippen LogP contribution in [0.1, 0.15) is 20.3 Å². The zero-order valence-corrected chi connectivity index (χ0v) is 9.85. The monoisotopic (exact) mass is 186 g/mol. The minimum atomic E-state index is -1.52. The zero-order chi connectivity index (χ0) is 8.65. The summed E-state index contributed by atoms with van der Waals surface area (Å²) in [5, 5.41) is 7.42. The molecule has 0 atom stereocenters. The molecule has 0 amide bonds. The van der Waals surface area contributed by atoms with E-state index in [9.17, 15) is 0 Å². The Hall–Kier alpha value is 0.194. The summed E-state index contributed by atoms with van der Waals surface area (Å²) in [7, 11) is 0. The Labute approximate surface area is 73.7 Å². The van der Waals surface area contributed by atoms with E-state index in [1.54, 1.807) is 15.0 Å². The van der Waals surface area contributed by atoms with Crippen LogP contribution in [0.5, 0.6) is 0 Å². The van der Waals surface area contributed by atoms with E-state index < -0.39 is 16.6 Å². The molecule has 0 aliphatic heterocycles. The van der Waals surface area contributed by atoms with Crippen LogP contribution in [0.2, 0.25) is 15.7 Å². The molecule has 0 aromatic heterocycles. The van der Waals surface area contributed by atoms with E-state index in [2.05, 4.69) is 35.6 Å². The van der Waals surface area contributed by atoms with Crippen LogP contribution in [-0.4, -0.2) is 0 Å². The maximum atomic E-state index is 2.47. The molecule has 11 heavy (non-hydrogen) atoms. The van der Waals surface area contributed by atoms with Crippen LogP contribution in [-0.2, 0) is 16.6 Å². The van der Waals surface area contributed by atoms with Gasteiger partial charge in [-0.2, -0.15) is 0 Å². The molecule has 0 radical (unpaired) electrons. The van der Waals surface area contributed by atoms with E-state index in [1.165, 1.54) is 6.42 Å². The summed E-state index contributed by atoms with van der Waals surface area (Å²) in [4.78, 5) is 0. The van der Waals surface area contributed by atoms with Crippen molar-refractivity contribution in [2.24, 2.45) is 0 Å². The van der Waals surface area contributed by atoms with Gasteiger partial charge in [0.05, 0.1) is 0 Å². The van der Waals surface area contributed by atoms with Crippen LogP contribution in [0.4, 0.5) is 0 Å². The first-order chi connectivity index (χ1) is 4.93. The van der Waals surface area contributed by atoms with Gasteiger partial charge in [0.2, 0.25) is 0 Å². The molecule has 0 spiro atoms. The van der Waals surface area contributed by atoms with Crippen molar-refractivity contribution in [2.45, 2.75) is 36.0 Å². The topological polar surface area (TPSA) is 0 Å². The molecule has 0 aromatic carbocycles. The first-order valence-electron chi connectivity index (χ1n) is 4.30. The zero-order valence-electron chi connectivity index (χ0n) is 8.28. The average Bonchev–Trinajstić information content (AvgIpc) is 2.08. The molecule has 1 aliphatic rings. The summed E-state index contributed by atoms with van der Waals surface area (Å²) in [6.45, 7) is 4.56. The van der Waals surface area contributed by atoms with E-state index in [4.69, 9.17) is 0 Å². The van der Waals surface area contributed by atoms with Gasteiger partial charge in [-0.3, -0.25) is 0 Å². The van der Waals surface area contributed by atoms with E-state index in [1.807, 2.05) is 0 Å². The second kappa shape index (κ2) is 2.91. The third-order valence-corrected chi connectivity index (χ3v) is 5.91. The van der Waals surface area contributed by atoms with Gasteiger partial charge in [-0.15, -0.1) is 0 Å². The van der Waals surface area contributed by atoms with Gasteiger partial charge in [0.1, 0.15) is 0 Å². The first-order valence-corrected chi connectivity index (χ1v) is 9.77. The third kappa shape index (κ3) is 1.86. The van der Waals surface area contributed by atoms with E-state index in [0.29, 0.717) is 0 Å². The quantitative estimate of drug-likeness (QED) is 0.544. The van der Waals surface area contributed by atoms with Crippen molar-refractivity contribution < 1.29 is 16.6 Å². The Bertz CT molecular complexity index is 226. The predicted octanol–water partition coefficient (Wildman–Crippen LogP) is 3.91. The molecule has 62 valence electrons. The average molecular weight is 186 g/mol. The van der Waals surface area contributed by atoms with Crippen LogP contribution in [0.15, 0.2) is 21.1 Å². The molecule has 0 fully saturated rings. The Morgan fingerprint density at radius 3 is 1.91 bits per heavy atom. The van der Waals surface area contributed by atoms with Crippen molar-refractivity contribution in [1.82, 2.24) is 0 Å². The Kier molecular flexibility index (Phi) is 2.46. The van der Waals surface area contributed by atoms with Crippen molar-refractivity contribution in [3.8, 4) is 0 Å². The van der Waals surface area contributed by atoms with Gasteiger partial charge >= 0.3 is 73.6 Å². The van der Waals surface area contributed by atoms with Crippen molar-refractivity contribution >= 4 is 0 Å². The number of hydrogen-bond acceptors (Lipinski definition) is 0. The molecule has 0 nitrogen and oxygen atoms in total. The van der Waals surface area contributed by atoms with E-state index >= 15 is 0 Å². The number of hydrogen-bond donors (Lipinski definition) is 0. The molecule has 0 N–H and O–H groups in total. The van der Waals surface area contributed by atoms with Crippen molar-refractivity contribution in [1.29, 1.82) is 0 Å². The van der Waals surface area contributed by atoms with Gasteiger partial charge in [0, 0.05) is 0 Å². The fourth-order valence-electron chi connectivity index (χ4n) is 2.08. The van der Waals surface area contributed by atoms with Gasteiger partial charge < -0.3 is 0 Å². The summed E-state index contributed by atoms with van der Waals surface area (Å²) in [5.41, 5.74) is 3.20. The van der Waals surface area contributed by atoms with Gasteiger partial charge in [0.25, 0.3) is 0 Å². The Balaban J connectivity index is 3.03. The number of rotatable bonds is 1. The van der Waals surface area contributed by atoms with Crippen molar-refractivity contribution in [2.75, 3.05) is 0 Å². The molecule has 0 saturated heterocycles. The SMILES string of the molecule is CC1=CCC(C)=[C]1[Ti]([CH3])([CH3])[CH3]. The summed E-state index contributed by atoms with van der Waals surface area (Å²) in [6, 6.07) is 0. The fourth-order valence-corrected chi connectivity index (χ4v) is 6.24. The molecule has 0 heterocycles. The normalized spacial score (nSPS) is 19.2. The van der Waals surface area contributed by atoms with Crippen LogP contribution in [0.3, 0.4) is 0 Å². The Morgan fingerprint density at radius 1 is 1.18 bits per heavy atom. The number of allylic oxidation sites excluding steroid dienone is 4. The van der Waals surface area contributed by atoms with Crippen LogP contribution >= 0.6 is 0 Å². The summed E-state index contributed by atoms with van der Waals surface area (Å²) < 4.78 is 1.75. The third-order valence-electron chi connectivity index (χ3n) is 2.29. The fraction of sp³-hybridized carbons (Fsp3) is 0.600. The second-order valence-corrected chi connectivity index (χ2v) is 12.3. The molecule has 1 rings (SSSR count). The van der Waals surface area contributed by atoms with E-state index in [-0.39, 0.29) is 0 Å². The molecule has 0 aromatic rings. The maximum absolute atomic E-state index is 2.47. The molecule has 0 bridgehead atoms. The van der Waals surface area contributed by atoms with Gasteiger partial charge in [-0.25, -0.2) is 0 Å². The standard InChI is InChI=1S/C7H9.3CH3.Ti/c1-6-3-4-7(2)5-6;;;;/h3H,4H2,1-2H3;3*1H3;. The van der Waals surface area contributed by atoms with Gasteiger partial charge in [0.15, 0.2) is 0 Å². The summed E-state index contributed by atoms with van der Waals surface area (Å²) >= 11 is -1.52. The second-order valence-electron chi connectivity index (χ2n) is 4.50. The molecule has 1 heteroatoms. The van der Waals surface area contributed by atoms with Crippen LogP contribution < -0.4 is 0 Å². The van der Waals surface area contributed by atoms with Gasteiger partial charge in [-0.1, -0.05) is 0 Å². The first kappa shape index (κ1) is 9.28. The van der Waals surface area contributed by atoms with E-state index in [0.717, 1.165) is 0 Å². The molecule has 1 aliphatic carbocycles. The molecule has 0 unspecified atom stereocenters. The predicted molar refractivity (Wildman–Crippen MR) is 48.7 cm³/mol. The Morgan fingerprint density at radius 2 is 1.73 bits per heavy atom. The van der Waals surface area contributed by atoms with Crippen LogP contribution in [0, 0.1) is 0 Å². The van der Waals surface area contributed by atoms with Crippen molar-refractivity contribution in [3.63, 3.8) is 0 Å². The van der Waals surface area contributed by atoms with Crippen LogP contribution in [0.25, 0.3) is 0 Å². The summed E-state index contributed by atoms with van der Waals surface area (Å²) in [6.07, 6.45) is 3.59. The van der Waals surface area contributed by atoms with Gasteiger partial charge in [-0.05, 0) is 0 Å². The molecular weight excluding hydrogens is 168 g/mol. The molecular formula is C10H18Ti. The van der Waals surface area contributed by atoms with Crippen molar-refractivity contribution in [3.05, 3.63) is 21.1 Å². The molecule has 0 saturated carbocycles.